The summed E-state index contributed by atoms with van der Waals surface area (Å²) in [5.41, 5.74) is 6.93. The normalized spacial score (nSPS) is 26.4. The first-order chi connectivity index (χ1) is 9.82. The second kappa shape index (κ2) is 6.08. The molecule has 0 radical (unpaired) electrons. The van der Waals surface area contributed by atoms with Gasteiger partial charge in [-0.2, -0.15) is 0 Å². The lowest BCUT2D eigenvalue weighted by molar-refractivity contribution is -0.127. The lowest BCUT2D eigenvalue weighted by Gasteiger charge is -2.36. The Labute approximate surface area is 128 Å². The van der Waals surface area contributed by atoms with Crippen molar-refractivity contribution in [3.63, 3.8) is 0 Å². The fraction of sp³-hybridized carbons (Fsp3) is 0.611. The van der Waals surface area contributed by atoms with Gasteiger partial charge in [-0.25, -0.2) is 0 Å². The molecule has 3 N–H and O–H groups in total. The van der Waals surface area contributed by atoms with E-state index in [-0.39, 0.29) is 5.91 Å². The van der Waals surface area contributed by atoms with Crippen LogP contribution in [0.5, 0.6) is 0 Å². The average molecular weight is 288 g/mol. The molecular formula is C18H28N2O. The zero-order chi connectivity index (χ0) is 15.6. The number of hydrogen-bond donors (Lipinski definition) is 2. The maximum atomic E-state index is 12.7. The molecule has 1 fully saturated rings. The Bertz CT molecular complexity index is 492. The van der Waals surface area contributed by atoms with Gasteiger partial charge in [-0.1, -0.05) is 38.8 Å². The van der Waals surface area contributed by atoms with Crippen molar-refractivity contribution in [1.29, 1.82) is 0 Å². The molecule has 3 unspecified atom stereocenters. The number of benzene rings is 1. The highest BCUT2D eigenvalue weighted by molar-refractivity contribution is 5.87. The first-order valence-corrected chi connectivity index (χ1v) is 7.99. The molecule has 0 bridgehead atoms. The standard InChI is InChI=1S/C18H28N2O/c1-12-6-5-7-16(13(12)2)20-17(21)18(3,4)14-8-10-15(19)11-9-14/h8-13,16H,5-7,19H2,1-4H3,(H,20,21). The van der Waals surface area contributed by atoms with Crippen molar-refractivity contribution in [3.8, 4) is 0 Å². The number of nitrogens with two attached hydrogens (primary N) is 1. The molecule has 116 valence electrons. The number of hydrogen-bond acceptors (Lipinski definition) is 2. The van der Waals surface area contributed by atoms with Crippen molar-refractivity contribution in [2.75, 3.05) is 5.73 Å². The molecule has 0 heterocycles. The van der Waals surface area contributed by atoms with Crippen molar-refractivity contribution in [2.45, 2.75) is 58.4 Å². The van der Waals surface area contributed by atoms with Crippen LogP contribution in [0.2, 0.25) is 0 Å². The number of nitrogens with one attached hydrogen (secondary N) is 1. The topological polar surface area (TPSA) is 55.1 Å². The molecule has 1 aliphatic carbocycles. The van der Waals surface area contributed by atoms with Gasteiger partial charge in [0.15, 0.2) is 0 Å². The van der Waals surface area contributed by atoms with Crippen LogP contribution in [0.1, 0.15) is 52.5 Å². The van der Waals surface area contributed by atoms with Crippen molar-refractivity contribution in [1.82, 2.24) is 5.32 Å². The number of rotatable bonds is 3. The van der Waals surface area contributed by atoms with E-state index < -0.39 is 5.41 Å². The van der Waals surface area contributed by atoms with E-state index in [0.717, 1.165) is 17.7 Å². The third kappa shape index (κ3) is 3.39. The second-order valence-electron chi connectivity index (χ2n) is 7.09. The summed E-state index contributed by atoms with van der Waals surface area (Å²) < 4.78 is 0. The summed E-state index contributed by atoms with van der Waals surface area (Å²) >= 11 is 0. The van der Waals surface area contributed by atoms with Gasteiger partial charge >= 0.3 is 0 Å². The van der Waals surface area contributed by atoms with Gasteiger partial charge < -0.3 is 11.1 Å². The third-order valence-electron chi connectivity index (χ3n) is 5.22. The van der Waals surface area contributed by atoms with Gasteiger partial charge in [0, 0.05) is 11.7 Å². The number of carbonyl (C=O) groups is 1. The number of amides is 1. The minimum Gasteiger partial charge on any atom is -0.399 e. The third-order valence-corrected chi connectivity index (χ3v) is 5.22. The Morgan fingerprint density at radius 3 is 2.43 bits per heavy atom. The molecule has 0 spiro atoms. The zero-order valence-electron chi connectivity index (χ0n) is 13.6. The van der Waals surface area contributed by atoms with Crippen molar-refractivity contribution < 1.29 is 4.79 Å². The van der Waals surface area contributed by atoms with Crippen LogP contribution in [0.4, 0.5) is 5.69 Å². The van der Waals surface area contributed by atoms with Crippen LogP contribution >= 0.6 is 0 Å². The van der Waals surface area contributed by atoms with Crippen LogP contribution < -0.4 is 11.1 Å². The van der Waals surface area contributed by atoms with E-state index in [1.165, 1.54) is 12.8 Å². The molecule has 1 amide bonds. The molecule has 3 heteroatoms. The highest BCUT2D eigenvalue weighted by atomic mass is 16.2. The van der Waals surface area contributed by atoms with Crippen LogP contribution in [0.25, 0.3) is 0 Å². The molecule has 1 saturated carbocycles. The first-order valence-electron chi connectivity index (χ1n) is 7.99. The highest BCUT2D eigenvalue weighted by Gasteiger charge is 2.34. The van der Waals surface area contributed by atoms with Crippen LogP contribution in [-0.4, -0.2) is 11.9 Å². The van der Waals surface area contributed by atoms with E-state index in [1.54, 1.807) is 0 Å². The Kier molecular flexibility index (Phi) is 4.60. The summed E-state index contributed by atoms with van der Waals surface area (Å²) in [4.78, 5) is 12.7. The zero-order valence-corrected chi connectivity index (χ0v) is 13.6. The van der Waals surface area contributed by atoms with Crippen molar-refractivity contribution in [3.05, 3.63) is 29.8 Å². The summed E-state index contributed by atoms with van der Waals surface area (Å²) in [5, 5.41) is 3.28. The molecule has 1 aromatic rings. The number of anilines is 1. The SMILES string of the molecule is CC1CCCC(NC(=O)C(C)(C)c2ccc(N)cc2)C1C. The fourth-order valence-electron chi connectivity index (χ4n) is 3.17. The van der Waals surface area contributed by atoms with Gasteiger partial charge in [-0.3, -0.25) is 4.79 Å². The minimum absolute atomic E-state index is 0.109. The van der Waals surface area contributed by atoms with E-state index in [2.05, 4.69) is 19.2 Å². The van der Waals surface area contributed by atoms with Crippen LogP contribution in [-0.2, 0) is 10.2 Å². The summed E-state index contributed by atoms with van der Waals surface area (Å²) in [6.07, 6.45) is 3.57. The lowest BCUT2D eigenvalue weighted by atomic mass is 9.77. The van der Waals surface area contributed by atoms with Crippen molar-refractivity contribution in [2.24, 2.45) is 11.8 Å². The second-order valence-corrected chi connectivity index (χ2v) is 7.09. The summed E-state index contributed by atoms with van der Waals surface area (Å²) in [6.45, 7) is 8.49. The predicted octanol–water partition coefficient (Wildman–Crippen LogP) is 3.49. The van der Waals surface area contributed by atoms with E-state index in [4.69, 9.17) is 5.73 Å². The fourth-order valence-corrected chi connectivity index (χ4v) is 3.17. The quantitative estimate of drug-likeness (QED) is 0.837. The van der Waals surface area contributed by atoms with Crippen molar-refractivity contribution >= 4 is 11.6 Å². The van der Waals surface area contributed by atoms with Gasteiger partial charge in [-0.15, -0.1) is 0 Å². The maximum absolute atomic E-state index is 12.7. The molecule has 3 nitrogen and oxygen atoms in total. The monoisotopic (exact) mass is 288 g/mol. The number of nitrogen functional groups attached to an aromatic ring is 1. The largest absolute Gasteiger partial charge is 0.399 e. The van der Waals surface area contributed by atoms with Gasteiger partial charge in [0.2, 0.25) is 5.91 Å². The summed E-state index contributed by atoms with van der Waals surface area (Å²) in [5.74, 6) is 1.34. The van der Waals surface area contributed by atoms with E-state index >= 15 is 0 Å². The molecule has 1 aliphatic rings. The first kappa shape index (κ1) is 15.9. The summed E-state index contributed by atoms with van der Waals surface area (Å²) in [7, 11) is 0. The van der Waals surface area contributed by atoms with Gasteiger partial charge in [0.25, 0.3) is 0 Å². The molecular weight excluding hydrogens is 260 g/mol. The maximum Gasteiger partial charge on any atom is 0.230 e. The van der Waals surface area contributed by atoms with Gasteiger partial charge in [-0.05, 0) is 49.8 Å². The Balaban J connectivity index is 2.09. The molecule has 2 rings (SSSR count). The molecule has 3 atom stereocenters. The smallest absolute Gasteiger partial charge is 0.230 e. The van der Waals surface area contributed by atoms with Gasteiger partial charge in [0.05, 0.1) is 5.41 Å². The van der Waals surface area contributed by atoms with Crippen LogP contribution in [0.3, 0.4) is 0 Å². The summed E-state index contributed by atoms with van der Waals surface area (Å²) in [6, 6.07) is 7.91. The Morgan fingerprint density at radius 2 is 1.81 bits per heavy atom. The van der Waals surface area contributed by atoms with E-state index in [0.29, 0.717) is 17.9 Å². The Morgan fingerprint density at radius 1 is 1.19 bits per heavy atom. The average Bonchev–Trinajstić information content (AvgIpc) is 2.44. The predicted molar refractivity (Wildman–Crippen MR) is 88.0 cm³/mol. The lowest BCUT2D eigenvalue weighted by Crippen LogP contribution is -2.49. The van der Waals surface area contributed by atoms with Crippen LogP contribution in [0, 0.1) is 11.8 Å². The molecule has 0 saturated heterocycles. The number of carbonyl (C=O) groups excluding carboxylic acids is 1. The highest BCUT2D eigenvalue weighted by Crippen LogP contribution is 2.31. The molecule has 0 aromatic heterocycles. The van der Waals surface area contributed by atoms with E-state index in [9.17, 15) is 4.79 Å². The van der Waals surface area contributed by atoms with Gasteiger partial charge in [0.1, 0.15) is 0 Å². The molecule has 1 aromatic carbocycles. The molecule has 0 aliphatic heterocycles. The Hall–Kier alpha value is -1.51. The van der Waals surface area contributed by atoms with E-state index in [1.807, 2.05) is 38.1 Å². The van der Waals surface area contributed by atoms with Crippen LogP contribution in [0.15, 0.2) is 24.3 Å². The molecule has 21 heavy (non-hydrogen) atoms. The minimum atomic E-state index is -0.534.